The van der Waals surface area contributed by atoms with Crippen LogP contribution < -0.4 is 0 Å². The third-order valence-corrected chi connectivity index (χ3v) is 4.84. The molecule has 2 atom stereocenters. The number of carboxylic acids is 1. The largest absolute Gasteiger partial charge is 0.481 e. The number of carbonyl (C=O) groups is 2. The van der Waals surface area contributed by atoms with Crippen LogP contribution in [0.15, 0.2) is 0 Å². The molecule has 0 radical (unpaired) electrons. The van der Waals surface area contributed by atoms with Crippen LogP contribution in [0.3, 0.4) is 0 Å². The van der Waals surface area contributed by atoms with Crippen molar-refractivity contribution in [3.8, 4) is 0 Å². The number of likely N-dealkylation sites (tertiary alicyclic amines) is 1. The van der Waals surface area contributed by atoms with Gasteiger partial charge < -0.3 is 19.6 Å². The number of carboxylic acid groups (broad SMARTS) is 1. The van der Waals surface area contributed by atoms with Crippen molar-refractivity contribution in [1.82, 2.24) is 9.80 Å². The van der Waals surface area contributed by atoms with E-state index in [1.54, 1.807) is 11.8 Å². The number of urea groups is 1. The zero-order valence-electron chi connectivity index (χ0n) is 13.2. The van der Waals surface area contributed by atoms with Gasteiger partial charge in [0.05, 0.1) is 24.2 Å². The Morgan fingerprint density at radius 2 is 1.95 bits per heavy atom. The first-order valence-corrected chi connectivity index (χ1v) is 7.78. The Hall–Kier alpha value is -1.30. The lowest BCUT2D eigenvalue weighted by atomic mass is 9.80. The highest BCUT2D eigenvalue weighted by atomic mass is 16.5. The average Bonchev–Trinajstić information content (AvgIpc) is 2.47. The zero-order valence-corrected chi connectivity index (χ0v) is 13.2. The number of nitrogens with zero attached hydrogens (tertiary/aromatic N) is 2. The van der Waals surface area contributed by atoms with Crippen molar-refractivity contribution in [2.45, 2.75) is 52.2 Å². The molecule has 2 rings (SSSR count). The van der Waals surface area contributed by atoms with Gasteiger partial charge in [-0.15, -0.1) is 0 Å². The first-order valence-electron chi connectivity index (χ1n) is 7.78. The summed E-state index contributed by atoms with van der Waals surface area (Å²) in [6.07, 6.45) is 1.97. The van der Waals surface area contributed by atoms with E-state index in [2.05, 4.69) is 6.92 Å². The molecule has 2 heterocycles. The Bertz CT molecular complexity index is 404. The van der Waals surface area contributed by atoms with Crippen LogP contribution in [0, 0.1) is 5.41 Å². The van der Waals surface area contributed by atoms with Crippen LogP contribution in [0.1, 0.15) is 40.0 Å². The Kier molecular flexibility index (Phi) is 4.76. The van der Waals surface area contributed by atoms with Crippen LogP contribution in [-0.4, -0.2) is 65.3 Å². The summed E-state index contributed by atoms with van der Waals surface area (Å²) in [4.78, 5) is 27.7. The topological polar surface area (TPSA) is 70.1 Å². The van der Waals surface area contributed by atoms with E-state index in [1.807, 2.05) is 11.8 Å². The highest BCUT2D eigenvalue weighted by Gasteiger charge is 2.40. The molecular weight excluding hydrogens is 272 g/mol. The normalized spacial score (nSPS) is 29.3. The van der Waals surface area contributed by atoms with E-state index in [-0.39, 0.29) is 18.2 Å². The van der Waals surface area contributed by atoms with Crippen molar-refractivity contribution in [2.75, 3.05) is 26.2 Å². The van der Waals surface area contributed by atoms with Crippen molar-refractivity contribution in [3.05, 3.63) is 0 Å². The number of hydrogen-bond acceptors (Lipinski definition) is 3. The maximum absolute atomic E-state index is 12.7. The molecule has 2 saturated heterocycles. The molecule has 0 aromatic heterocycles. The third-order valence-electron chi connectivity index (χ3n) is 4.84. The predicted octanol–water partition coefficient (Wildman–Crippen LogP) is 1.79. The van der Waals surface area contributed by atoms with Gasteiger partial charge in [-0.25, -0.2) is 4.79 Å². The van der Waals surface area contributed by atoms with Crippen LogP contribution in [-0.2, 0) is 9.53 Å². The summed E-state index contributed by atoms with van der Waals surface area (Å²) in [7, 11) is 0. The summed E-state index contributed by atoms with van der Waals surface area (Å²) in [5, 5.41) is 9.26. The van der Waals surface area contributed by atoms with Gasteiger partial charge in [0.2, 0.25) is 0 Å². The monoisotopic (exact) mass is 298 g/mol. The first kappa shape index (κ1) is 16.1. The van der Waals surface area contributed by atoms with Crippen molar-refractivity contribution < 1.29 is 19.4 Å². The van der Waals surface area contributed by atoms with E-state index in [0.29, 0.717) is 39.1 Å². The molecule has 6 nitrogen and oxygen atoms in total. The van der Waals surface area contributed by atoms with Gasteiger partial charge in [-0.1, -0.05) is 6.92 Å². The molecule has 2 amide bonds. The maximum atomic E-state index is 12.7. The number of aliphatic carboxylic acids is 1. The van der Waals surface area contributed by atoms with E-state index < -0.39 is 11.4 Å². The molecule has 0 saturated carbocycles. The highest BCUT2D eigenvalue weighted by Crippen LogP contribution is 2.32. The molecule has 0 aromatic carbocycles. The summed E-state index contributed by atoms with van der Waals surface area (Å²) < 4.78 is 5.62. The van der Waals surface area contributed by atoms with Crippen molar-refractivity contribution >= 4 is 12.0 Å². The fraction of sp³-hybridized carbons (Fsp3) is 0.867. The highest BCUT2D eigenvalue weighted by molar-refractivity contribution is 5.77. The maximum Gasteiger partial charge on any atom is 0.320 e. The van der Waals surface area contributed by atoms with Crippen LogP contribution >= 0.6 is 0 Å². The van der Waals surface area contributed by atoms with E-state index in [1.165, 1.54) is 0 Å². The SMILES string of the molecule is CCC1COC(C)CN1C(=O)N1CCC(C)(C(=O)O)CC1. The summed E-state index contributed by atoms with van der Waals surface area (Å²) in [6, 6.07) is 0.158. The lowest BCUT2D eigenvalue weighted by Gasteiger charge is -2.43. The summed E-state index contributed by atoms with van der Waals surface area (Å²) in [6.45, 7) is 8.04. The van der Waals surface area contributed by atoms with E-state index in [0.717, 1.165) is 6.42 Å². The molecule has 0 spiro atoms. The van der Waals surface area contributed by atoms with Crippen LogP contribution in [0.5, 0.6) is 0 Å². The molecular formula is C15H26N2O4. The standard InChI is InChI=1S/C15H26N2O4/c1-4-12-10-21-11(2)9-17(12)14(20)16-7-5-15(3,6-8-16)13(18)19/h11-12H,4-10H2,1-3H3,(H,18,19). The fourth-order valence-electron chi connectivity index (χ4n) is 3.00. The Morgan fingerprint density at radius 3 is 2.48 bits per heavy atom. The van der Waals surface area contributed by atoms with Crippen LogP contribution in [0.4, 0.5) is 4.79 Å². The zero-order chi connectivity index (χ0) is 15.6. The van der Waals surface area contributed by atoms with Gasteiger partial charge in [-0.3, -0.25) is 4.79 Å². The molecule has 120 valence electrons. The summed E-state index contributed by atoms with van der Waals surface area (Å²) in [5.41, 5.74) is -0.695. The van der Waals surface area contributed by atoms with E-state index >= 15 is 0 Å². The Labute approximate surface area is 126 Å². The third kappa shape index (κ3) is 3.31. The van der Waals surface area contributed by atoms with Crippen molar-refractivity contribution in [3.63, 3.8) is 0 Å². The van der Waals surface area contributed by atoms with Gasteiger partial charge in [0.1, 0.15) is 0 Å². The molecule has 2 unspecified atom stereocenters. The lowest BCUT2D eigenvalue weighted by molar-refractivity contribution is -0.150. The number of piperidine rings is 1. The first-order chi connectivity index (χ1) is 9.87. The van der Waals surface area contributed by atoms with Gasteiger partial charge >= 0.3 is 12.0 Å². The summed E-state index contributed by atoms with van der Waals surface area (Å²) in [5.74, 6) is -0.763. The molecule has 0 aliphatic carbocycles. The predicted molar refractivity (Wildman–Crippen MR) is 78.1 cm³/mol. The van der Waals surface area contributed by atoms with Gasteiger partial charge in [0.15, 0.2) is 0 Å². The minimum absolute atomic E-state index is 0.0319. The molecule has 2 aliphatic rings. The minimum atomic E-state index is -0.763. The summed E-state index contributed by atoms with van der Waals surface area (Å²) >= 11 is 0. The minimum Gasteiger partial charge on any atom is -0.481 e. The fourth-order valence-corrected chi connectivity index (χ4v) is 3.00. The molecule has 2 fully saturated rings. The number of morpholine rings is 1. The van der Waals surface area contributed by atoms with Crippen LogP contribution in [0.2, 0.25) is 0 Å². The molecule has 1 N–H and O–H groups in total. The van der Waals surface area contributed by atoms with Gasteiger partial charge in [0.25, 0.3) is 0 Å². The van der Waals surface area contributed by atoms with Crippen molar-refractivity contribution in [2.24, 2.45) is 5.41 Å². The number of rotatable bonds is 2. The number of ether oxygens (including phenoxy) is 1. The lowest BCUT2D eigenvalue weighted by Crippen LogP contribution is -2.57. The second kappa shape index (κ2) is 6.22. The Morgan fingerprint density at radius 1 is 1.33 bits per heavy atom. The molecule has 0 aromatic rings. The van der Waals surface area contributed by atoms with Gasteiger partial charge in [-0.2, -0.15) is 0 Å². The average molecular weight is 298 g/mol. The van der Waals surface area contributed by atoms with Crippen LogP contribution in [0.25, 0.3) is 0 Å². The number of carbonyl (C=O) groups excluding carboxylic acids is 1. The molecule has 2 aliphatic heterocycles. The number of amides is 2. The Balaban J connectivity index is 1.99. The quantitative estimate of drug-likeness (QED) is 0.844. The second-order valence-corrected chi connectivity index (χ2v) is 6.49. The van der Waals surface area contributed by atoms with E-state index in [9.17, 15) is 14.7 Å². The van der Waals surface area contributed by atoms with E-state index in [4.69, 9.17) is 4.74 Å². The van der Waals surface area contributed by atoms with Gasteiger partial charge in [0, 0.05) is 19.6 Å². The second-order valence-electron chi connectivity index (χ2n) is 6.49. The molecule has 21 heavy (non-hydrogen) atoms. The van der Waals surface area contributed by atoms with Gasteiger partial charge in [-0.05, 0) is 33.1 Å². The smallest absolute Gasteiger partial charge is 0.320 e. The van der Waals surface area contributed by atoms with Crippen molar-refractivity contribution in [1.29, 1.82) is 0 Å². The molecule has 0 bridgehead atoms. The molecule has 6 heteroatoms. The number of hydrogen-bond donors (Lipinski definition) is 1.